The van der Waals surface area contributed by atoms with Crippen LogP contribution in [0.5, 0.6) is 0 Å². The molecule has 0 spiro atoms. The van der Waals surface area contributed by atoms with Crippen LogP contribution in [-0.4, -0.2) is 9.97 Å². The SMILES string of the molecule is C(#Cc1ccncc1)CCCCCCC#Cc1ccncc1. The second-order valence-electron chi connectivity index (χ2n) is 4.99. The second-order valence-corrected chi connectivity index (χ2v) is 4.99. The van der Waals surface area contributed by atoms with Gasteiger partial charge in [-0.25, -0.2) is 0 Å². The summed E-state index contributed by atoms with van der Waals surface area (Å²) in [5, 5.41) is 0. The molecule has 0 bridgehead atoms. The Morgan fingerprint density at radius 1 is 0.591 bits per heavy atom. The molecule has 2 heteroatoms. The summed E-state index contributed by atoms with van der Waals surface area (Å²) in [7, 11) is 0. The predicted molar refractivity (Wildman–Crippen MR) is 89.9 cm³/mol. The molecule has 22 heavy (non-hydrogen) atoms. The minimum Gasteiger partial charge on any atom is -0.265 e. The van der Waals surface area contributed by atoms with Gasteiger partial charge in [-0.15, -0.1) is 0 Å². The number of pyridine rings is 2. The van der Waals surface area contributed by atoms with Crippen molar-refractivity contribution in [2.75, 3.05) is 0 Å². The van der Waals surface area contributed by atoms with Crippen LogP contribution in [-0.2, 0) is 0 Å². The van der Waals surface area contributed by atoms with Gasteiger partial charge in [0.25, 0.3) is 0 Å². The van der Waals surface area contributed by atoms with Crippen LogP contribution in [0.3, 0.4) is 0 Å². The molecular weight excluding hydrogens is 268 g/mol. The molecule has 0 radical (unpaired) electrons. The van der Waals surface area contributed by atoms with E-state index in [-0.39, 0.29) is 0 Å². The van der Waals surface area contributed by atoms with Crippen molar-refractivity contribution in [3.8, 4) is 23.7 Å². The maximum Gasteiger partial charge on any atom is 0.0280 e. The van der Waals surface area contributed by atoms with Crippen LogP contribution in [0.15, 0.2) is 49.1 Å². The maximum atomic E-state index is 3.98. The molecule has 0 saturated carbocycles. The van der Waals surface area contributed by atoms with E-state index in [1.165, 1.54) is 12.8 Å². The summed E-state index contributed by atoms with van der Waals surface area (Å²) in [6.07, 6.45) is 13.8. The van der Waals surface area contributed by atoms with Crippen molar-refractivity contribution >= 4 is 0 Å². The molecule has 0 unspecified atom stereocenters. The third kappa shape index (κ3) is 6.73. The molecule has 0 aromatic carbocycles. The average Bonchev–Trinajstić information content (AvgIpc) is 2.58. The zero-order chi connectivity index (χ0) is 15.3. The second kappa shape index (κ2) is 10.2. The number of aromatic nitrogens is 2. The Labute approximate surface area is 133 Å². The van der Waals surface area contributed by atoms with Crippen LogP contribution in [0.25, 0.3) is 0 Å². The van der Waals surface area contributed by atoms with Gasteiger partial charge >= 0.3 is 0 Å². The Hall–Kier alpha value is -2.58. The fraction of sp³-hybridized carbons (Fsp3) is 0.300. The van der Waals surface area contributed by atoms with Crippen LogP contribution in [0.4, 0.5) is 0 Å². The van der Waals surface area contributed by atoms with Gasteiger partial charge in [-0.05, 0) is 37.1 Å². The maximum absolute atomic E-state index is 3.98. The summed E-state index contributed by atoms with van der Waals surface area (Å²) in [6, 6.07) is 7.76. The van der Waals surface area contributed by atoms with Crippen molar-refractivity contribution in [1.29, 1.82) is 0 Å². The van der Waals surface area contributed by atoms with Crippen LogP contribution in [0.1, 0.15) is 49.7 Å². The molecular formula is C20H20N2. The Balaban J connectivity index is 1.52. The number of rotatable bonds is 5. The molecule has 2 rings (SSSR count). The van der Waals surface area contributed by atoms with Crippen molar-refractivity contribution in [1.82, 2.24) is 9.97 Å². The molecule has 0 fully saturated rings. The topological polar surface area (TPSA) is 25.8 Å². The highest BCUT2D eigenvalue weighted by molar-refractivity contribution is 5.32. The molecule has 0 N–H and O–H groups in total. The van der Waals surface area contributed by atoms with E-state index in [0.717, 1.165) is 36.8 Å². The van der Waals surface area contributed by atoms with E-state index < -0.39 is 0 Å². The molecule has 0 aliphatic rings. The van der Waals surface area contributed by atoms with E-state index in [9.17, 15) is 0 Å². The fourth-order valence-electron chi connectivity index (χ4n) is 1.98. The van der Waals surface area contributed by atoms with E-state index in [1.807, 2.05) is 24.3 Å². The van der Waals surface area contributed by atoms with Gasteiger partial charge in [0.05, 0.1) is 0 Å². The van der Waals surface area contributed by atoms with Gasteiger partial charge in [0.2, 0.25) is 0 Å². The van der Waals surface area contributed by atoms with E-state index >= 15 is 0 Å². The lowest BCUT2D eigenvalue weighted by Crippen LogP contribution is -1.79. The quantitative estimate of drug-likeness (QED) is 0.608. The van der Waals surface area contributed by atoms with Crippen LogP contribution in [0, 0.1) is 23.7 Å². The van der Waals surface area contributed by atoms with Crippen molar-refractivity contribution in [3.05, 3.63) is 60.2 Å². The summed E-state index contributed by atoms with van der Waals surface area (Å²) in [5.74, 6) is 12.7. The van der Waals surface area contributed by atoms with E-state index in [0.29, 0.717) is 0 Å². The number of hydrogen-bond donors (Lipinski definition) is 0. The lowest BCUT2D eigenvalue weighted by molar-refractivity contribution is 0.661. The lowest BCUT2D eigenvalue weighted by atomic mass is 10.1. The third-order valence-electron chi connectivity index (χ3n) is 3.18. The molecule has 0 saturated heterocycles. The van der Waals surface area contributed by atoms with Crippen molar-refractivity contribution in [2.45, 2.75) is 38.5 Å². The van der Waals surface area contributed by atoms with Gasteiger partial charge in [-0.2, -0.15) is 0 Å². The first kappa shape index (κ1) is 15.8. The fourth-order valence-corrected chi connectivity index (χ4v) is 1.98. The molecule has 0 atom stereocenters. The van der Waals surface area contributed by atoms with Crippen molar-refractivity contribution < 1.29 is 0 Å². The highest BCUT2D eigenvalue weighted by Gasteiger charge is 1.88. The molecule has 0 amide bonds. The first-order valence-electron chi connectivity index (χ1n) is 7.73. The largest absolute Gasteiger partial charge is 0.265 e. The van der Waals surface area contributed by atoms with Crippen molar-refractivity contribution in [2.24, 2.45) is 0 Å². The Morgan fingerprint density at radius 3 is 1.41 bits per heavy atom. The summed E-state index contributed by atoms with van der Waals surface area (Å²) in [5.41, 5.74) is 2.09. The molecule has 2 heterocycles. The normalized spacial score (nSPS) is 9.27. The summed E-state index contributed by atoms with van der Waals surface area (Å²) >= 11 is 0. The summed E-state index contributed by atoms with van der Waals surface area (Å²) in [6.45, 7) is 0. The first-order chi connectivity index (χ1) is 10.9. The number of unbranched alkanes of at least 4 members (excludes halogenated alkanes) is 5. The Bertz CT molecular complexity index is 593. The molecule has 110 valence electrons. The van der Waals surface area contributed by atoms with E-state index in [1.54, 1.807) is 24.8 Å². The van der Waals surface area contributed by atoms with Gasteiger partial charge in [0.15, 0.2) is 0 Å². The van der Waals surface area contributed by atoms with Crippen LogP contribution >= 0.6 is 0 Å². The minimum absolute atomic E-state index is 0.963. The highest BCUT2D eigenvalue weighted by Crippen LogP contribution is 2.05. The van der Waals surface area contributed by atoms with Gasteiger partial charge in [-0.1, -0.05) is 36.5 Å². The smallest absolute Gasteiger partial charge is 0.0280 e. The molecule has 2 aromatic rings. The van der Waals surface area contributed by atoms with Gasteiger partial charge < -0.3 is 0 Å². The summed E-state index contributed by atoms with van der Waals surface area (Å²) in [4.78, 5) is 7.95. The van der Waals surface area contributed by atoms with Gasteiger partial charge in [0.1, 0.15) is 0 Å². The third-order valence-corrected chi connectivity index (χ3v) is 3.18. The van der Waals surface area contributed by atoms with Crippen molar-refractivity contribution in [3.63, 3.8) is 0 Å². The zero-order valence-corrected chi connectivity index (χ0v) is 12.8. The number of hydrogen-bond acceptors (Lipinski definition) is 2. The lowest BCUT2D eigenvalue weighted by Gasteiger charge is -1.95. The van der Waals surface area contributed by atoms with E-state index in [2.05, 4.69) is 33.6 Å². The van der Waals surface area contributed by atoms with Gasteiger partial charge in [0, 0.05) is 48.8 Å². The molecule has 0 aliphatic carbocycles. The number of nitrogens with zero attached hydrogens (tertiary/aromatic N) is 2. The Morgan fingerprint density at radius 2 is 1.00 bits per heavy atom. The average molecular weight is 288 g/mol. The molecule has 2 nitrogen and oxygen atoms in total. The van der Waals surface area contributed by atoms with E-state index in [4.69, 9.17) is 0 Å². The molecule has 0 aliphatic heterocycles. The standard InChI is InChI=1S/C20H20N2/c1(3-5-7-9-19-11-15-21-16-12-19)2-4-6-8-10-20-13-17-22-18-14-20/h11-18H,1-6H2. The molecule has 2 aromatic heterocycles. The highest BCUT2D eigenvalue weighted by atomic mass is 14.6. The first-order valence-corrected chi connectivity index (χ1v) is 7.73. The Kier molecular flexibility index (Phi) is 7.32. The van der Waals surface area contributed by atoms with Crippen LogP contribution < -0.4 is 0 Å². The van der Waals surface area contributed by atoms with Crippen LogP contribution in [0.2, 0.25) is 0 Å². The summed E-state index contributed by atoms with van der Waals surface area (Å²) < 4.78 is 0. The minimum atomic E-state index is 0.963. The van der Waals surface area contributed by atoms with Gasteiger partial charge in [-0.3, -0.25) is 9.97 Å². The zero-order valence-electron chi connectivity index (χ0n) is 12.8. The predicted octanol–water partition coefficient (Wildman–Crippen LogP) is 4.22. The monoisotopic (exact) mass is 288 g/mol.